The molecule has 0 aromatic heterocycles. The summed E-state index contributed by atoms with van der Waals surface area (Å²) in [7, 11) is 0. The lowest BCUT2D eigenvalue weighted by Gasteiger charge is -2.35. The van der Waals surface area contributed by atoms with Gasteiger partial charge in [-0.1, -0.05) is 32.1 Å². The number of nitrogens with one attached hydrogen (secondary N) is 1. The van der Waals surface area contributed by atoms with Gasteiger partial charge in [0.25, 0.3) is 0 Å². The topological polar surface area (TPSA) is 69.6 Å². The van der Waals surface area contributed by atoms with Gasteiger partial charge in [0.1, 0.15) is 0 Å². The highest BCUT2D eigenvalue weighted by atomic mass is 16.4. The number of nitrogens with zero attached hydrogens (tertiary/aromatic N) is 1. The molecule has 1 heterocycles. The summed E-state index contributed by atoms with van der Waals surface area (Å²) < 4.78 is 0. The van der Waals surface area contributed by atoms with Gasteiger partial charge in [-0.3, -0.25) is 4.79 Å². The van der Waals surface area contributed by atoms with Gasteiger partial charge in [0.15, 0.2) is 0 Å². The highest BCUT2D eigenvalue weighted by Crippen LogP contribution is 2.36. The minimum absolute atomic E-state index is 0.0874. The van der Waals surface area contributed by atoms with Crippen molar-refractivity contribution in [1.82, 2.24) is 10.2 Å². The third kappa shape index (κ3) is 3.89. The molecule has 21 heavy (non-hydrogen) atoms. The van der Waals surface area contributed by atoms with Gasteiger partial charge in [-0.25, -0.2) is 4.79 Å². The van der Waals surface area contributed by atoms with Crippen molar-refractivity contribution in [2.75, 3.05) is 13.1 Å². The Morgan fingerprint density at radius 2 is 1.81 bits per heavy atom. The standard InChI is InChI=1S/C16H28N2O3/c1-13-8-4-2-7-11-18(13)15(21)17-12-16(14(19)20)9-5-3-6-10-16/h13H,2-12H2,1H3,(H,17,21)(H,19,20). The van der Waals surface area contributed by atoms with E-state index in [1.807, 2.05) is 4.90 Å². The fourth-order valence-corrected chi connectivity index (χ4v) is 3.62. The van der Waals surface area contributed by atoms with Gasteiger partial charge in [-0.2, -0.15) is 0 Å². The lowest BCUT2D eigenvalue weighted by molar-refractivity contribution is -0.150. The van der Waals surface area contributed by atoms with E-state index in [0.717, 1.165) is 38.6 Å². The predicted molar refractivity (Wildman–Crippen MR) is 81.2 cm³/mol. The molecule has 1 saturated carbocycles. The Labute approximate surface area is 127 Å². The van der Waals surface area contributed by atoms with Crippen LogP contribution in [-0.4, -0.2) is 41.1 Å². The number of carboxylic acids is 1. The first kappa shape index (κ1) is 16.1. The largest absolute Gasteiger partial charge is 0.481 e. The summed E-state index contributed by atoms with van der Waals surface area (Å²) >= 11 is 0. The van der Waals surface area contributed by atoms with Crippen molar-refractivity contribution >= 4 is 12.0 Å². The van der Waals surface area contributed by atoms with Gasteiger partial charge in [0.2, 0.25) is 0 Å². The first-order chi connectivity index (χ1) is 10.1. The van der Waals surface area contributed by atoms with Crippen molar-refractivity contribution in [1.29, 1.82) is 0 Å². The molecule has 2 aliphatic rings. The average molecular weight is 296 g/mol. The van der Waals surface area contributed by atoms with Gasteiger partial charge in [0.05, 0.1) is 5.41 Å². The van der Waals surface area contributed by atoms with E-state index in [0.29, 0.717) is 12.8 Å². The molecule has 0 spiro atoms. The van der Waals surface area contributed by atoms with Crippen LogP contribution in [0.25, 0.3) is 0 Å². The summed E-state index contributed by atoms with van der Waals surface area (Å²) in [6, 6.07) is 0.162. The summed E-state index contributed by atoms with van der Waals surface area (Å²) in [4.78, 5) is 25.9. The fraction of sp³-hybridized carbons (Fsp3) is 0.875. The SMILES string of the molecule is CC1CCCCCN1C(=O)NCC1(C(=O)O)CCCCC1. The van der Waals surface area contributed by atoms with Crippen molar-refractivity contribution in [3.8, 4) is 0 Å². The Kier molecular flexibility index (Phi) is 5.48. The molecule has 2 N–H and O–H groups in total. The number of carbonyl (C=O) groups is 2. The Hall–Kier alpha value is -1.26. The summed E-state index contributed by atoms with van der Waals surface area (Å²) in [5.41, 5.74) is -0.747. The first-order valence-electron chi connectivity index (χ1n) is 8.33. The number of carbonyl (C=O) groups excluding carboxylic acids is 1. The van der Waals surface area contributed by atoms with E-state index in [1.54, 1.807) is 0 Å². The number of carboxylic acid groups (broad SMARTS) is 1. The number of amides is 2. The number of hydrogen-bond acceptors (Lipinski definition) is 2. The highest BCUT2D eigenvalue weighted by molar-refractivity contribution is 5.78. The van der Waals surface area contributed by atoms with Gasteiger partial charge in [0, 0.05) is 19.1 Å². The molecular weight excluding hydrogens is 268 g/mol. The second kappa shape index (κ2) is 7.14. The highest BCUT2D eigenvalue weighted by Gasteiger charge is 2.40. The van der Waals surface area contributed by atoms with Crippen molar-refractivity contribution in [2.45, 2.75) is 70.8 Å². The zero-order valence-electron chi connectivity index (χ0n) is 13.1. The molecule has 120 valence electrons. The fourth-order valence-electron chi connectivity index (χ4n) is 3.62. The van der Waals surface area contributed by atoms with Gasteiger partial charge < -0.3 is 15.3 Å². The second-order valence-electron chi connectivity index (χ2n) is 6.70. The van der Waals surface area contributed by atoms with Gasteiger partial charge >= 0.3 is 12.0 Å². The van der Waals surface area contributed by atoms with Crippen molar-refractivity contribution < 1.29 is 14.7 Å². The molecule has 0 aromatic carbocycles. The first-order valence-corrected chi connectivity index (χ1v) is 8.33. The van der Waals surface area contributed by atoms with Gasteiger partial charge in [-0.15, -0.1) is 0 Å². The molecule has 5 heteroatoms. The maximum absolute atomic E-state index is 12.4. The van der Waals surface area contributed by atoms with Crippen molar-refractivity contribution in [2.24, 2.45) is 5.41 Å². The molecule has 1 unspecified atom stereocenters. The van der Waals surface area contributed by atoms with Gasteiger partial charge in [-0.05, 0) is 32.6 Å². The Morgan fingerprint density at radius 1 is 1.14 bits per heavy atom. The van der Waals surface area contributed by atoms with Crippen LogP contribution >= 0.6 is 0 Å². The Morgan fingerprint density at radius 3 is 2.48 bits per heavy atom. The molecule has 1 aliphatic carbocycles. The number of aliphatic carboxylic acids is 1. The van der Waals surface area contributed by atoms with Crippen LogP contribution in [-0.2, 0) is 4.79 Å². The van der Waals surface area contributed by atoms with E-state index in [-0.39, 0.29) is 18.6 Å². The molecule has 0 aromatic rings. The predicted octanol–water partition coefficient (Wildman–Crippen LogP) is 3.00. The van der Waals surface area contributed by atoms with Crippen LogP contribution in [0.1, 0.15) is 64.7 Å². The molecule has 0 bridgehead atoms. The lowest BCUT2D eigenvalue weighted by Crippen LogP contribution is -2.50. The van der Waals surface area contributed by atoms with Crippen LogP contribution in [0, 0.1) is 5.41 Å². The number of urea groups is 1. The van der Waals surface area contributed by atoms with Crippen molar-refractivity contribution in [3.63, 3.8) is 0 Å². The second-order valence-corrected chi connectivity index (χ2v) is 6.70. The number of rotatable bonds is 3. The Balaban J connectivity index is 1.93. The smallest absolute Gasteiger partial charge is 0.317 e. The molecular formula is C16H28N2O3. The van der Waals surface area contributed by atoms with E-state index in [9.17, 15) is 14.7 Å². The summed E-state index contributed by atoms with van der Waals surface area (Å²) in [5.74, 6) is -0.758. The third-order valence-corrected chi connectivity index (χ3v) is 5.16. The molecule has 5 nitrogen and oxygen atoms in total. The third-order valence-electron chi connectivity index (χ3n) is 5.16. The van der Waals surface area contributed by atoms with Crippen LogP contribution < -0.4 is 5.32 Å². The van der Waals surface area contributed by atoms with E-state index in [2.05, 4.69) is 12.2 Å². The van der Waals surface area contributed by atoms with E-state index < -0.39 is 11.4 Å². The van der Waals surface area contributed by atoms with E-state index in [4.69, 9.17) is 0 Å². The average Bonchev–Trinajstić information content (AvgIpc) is 2.70. The van der Waals surface area contributed by atoms with E-state index in [1.165, 1.54) is 12.8 Å². The molecule has 2 fully saturated rings. The summed E-state index contributed by atoms with van der Waals surface area (Å²) in [6.07, 6.45) is 8.78. The molecule has 1 aliphatic heterocycles. The maximum atomic E-state index is 12.4. The molecule has 0 radical (unpaired) electrons. The van der Waals surface area contributed by atoms with E-state index >= 15 is 0 Å². The number of likely N-dealkylation sites (tertiary alicyclic amines) is 1. The Bertz CT molecular complexity index is 378. The quantitative estimate of drug-likeness (QED) is 0.841. The molecule has 2 amide bonds. The number of hydrogen-bond donors (Lipinski definition) is 2. The summed E-state index contributed by atoms with van der Waals surface area (Å²) in [6.45, 7) is 3.13. The zero-order chi connectivity index (χ0) is 15.3. The maximum Gasteiger partial charge on any atom is 0.317 e. The van der Waals surface area contributed by atoms with Crippen LogP contribution in [0.2, 0.25) is 0 Å². The molecule has 1 saturated heterocycles. The van der Waals surface area contributed by atoms with Crippen molar-refractivity contribution in [3.05, 3.63) is 0 Å². The van der Waals surface area contributed by atoms with Crippen LogP contribution in [0.5, 0.6) is 0 Å². The minimum atomic E-state index is -0.758. The van der Waals surface area contributed by atoms with Crippen LogP contribution in [0.15, 0.2) is 0 Å². The molecule has 2 rings (SSSR count). The molecule has 1 atom stereocenters. The lowest BCUT2D eigenvalue weighted by atomic mass is 9.74. The summed E-state index contributed by atoms with van der Waals surface area (Å²) in [5, 5.41) is 12.5. The van der Waals surface area contributed by atoms with Crippen LogP contribution in [0.3, 0.4) is 0 Å². The normalized spacial score (nSPS) is 26.0. The zero-order valence-corrected chi connectivity index (χ0v) is 13.1. The monoisotopic (exact) mass is 296 g/mol. The van der Waals surface area contributed by atoms with Crippen LogP contribution in [0.4, 0.5) is 4.79 Å². The minimum Gasteiger partial charge on any atom is -0.481 e.